The molecule has 3 N–H and O–H groups in total. The number of carbonyl (C=O) groups is 1. The second-order valence-corrected chi connectivity index (χ2v) is 3.13. The fraction of sp³-hybridized carbons (Fsp3) is 0.625. The molecule has 0 fully saturated rings. The number of aryl methyl sites for hydroxylation is 1. The summed E-state index contributed by atoms with van der Waals surface area (Å²) in [4.78, 5) is 10.4. The number of nitrogens with zero attached hydrogens (tertiary/aromatic N) is 3. The van der Waals surface area contributed by atoms with Gasteiger partial charge in [0, 0.05) is 26.2 Å². The molecule has 0 atom stereocenters. The quantitative estimate of drug-likeness (QED) is 0.583. The van der Waals surface area contributed by atoms with E-state index in [0.717, 1.165) is 18.7 Å². The number of carbonyl (C=O) groups excluding carboxylic acids is 1. The summed E-state index contributed by atoms with van der Waals surface area (Å²) in [6.45, 7) is 1.44. The Morgan fingerprint density at radius 2 is 2.50 bits per heavy atom. The highest BCUT2D eigenvalue weighted by molar-refractivity contribution is 5.73. The Bertz CT molecular complexity index is 296. The molecule has 78 valence electrons. The fourth-order valence-corrected chi connectivity index (χ4v) is 1.08. The third-order valence-corrected chi connectivity index (χ3v) is 1.73. The van der Waals surface area contributed by atoms with Gasteiger partial charge in [0.05, 0.1) is 5.69 Å². The normalized spacial score (nSPS) is 10.4. The Kier molecular flexibility index (Phi) is 4.06. The molecule has 0 saturated heterocycles. The van der Waals surface area contributed by atoms with Crippen molar-refractivity contribution in [3.63, 3.8) is 0 Å². The summed E-state index contributed by atoms with van der Waals surface area (Å²) in [6.07, 6.45) is 3.03. The summed E-state index contributed by atoms with van der Waals surface area (Å²) >= 11 is 0. The number of hydrogen-bond donors (Lipinski definition) is 2. The molecule has 0 saturated carbocycles. The molecule has 1 rings (SSSR count). The van der Waals surface area contributed by atoms with Gasteiger partial charge in [-0.05, 0) is 13.0 Å². The Hall–Kier alpha value is -1.43. The van der Waals surface area contributed by atoms with Gasteiger partial charge < -0.3 is 11.1 Å². The average Bonchev–Trinajstić information content (AvgIpc) is 2.50. The first kappa shape index (κ1) is 10.6. The first-order valence-electron chi connectivity index (χ1n) is 4.52. The van der Waals surface area contributed by atoms with Crippen LogP contribution in [-0.4, -0.2) is 27.4 Å². The summed E-state index contributed by atoms with van der Waals surface area (Å²) in [5, 5.41) is 10.9. The van der Waals surface area contributed by atoms with Crippen LogP contribution in [0.5, 0.6) is 0 Å². The first-order valence-corrected chi connectivity index (χ1v) is 4.52. The van der Waals surface area contributed by atoms with Gasteiger partial charge in [0.2, 0.25) is 5.91 Å². The summed E-state index contributed by atoms with van der Waals surface area (Å²) in [7, 11) is 1.82. The van der Waals surface area contributed by atoms with E-state index in [0.29, 0.717) is 13.0 Å². The lowest BCUT2D eigenvalue weighted by molar-refractivity contribution is -0.118. The zero-order valence-corrected chi connectivity index (χ0v) is 8.23. The summed E-state index contributed by atoms with van der Waals surface area (Å²) in [5.41, 5.74) is 5.89. The molecule has 0 aliphatic rings. The van der Waals surface area contributed by atoms with Crippen LogP contribution >= 0.6 is 0 Å². The van der Waals surface area contributed by atoms with Crippen molar-refractivity contribution in [3.8, 4) is 0 Å². The molecule has 6 heteroatoms. The molecule has 0 bridgehead atoms. The molecule has 0 radical (unpaired) electrons. The third kappa shape index (κ3) is 3.99. The second-order valence-electron chi connectivity index (χ2n) is 3.13. The smallest absolute Gasteiger partial charge is 0.217 e. The Labute approximate surface area is 82.5 Å². The number of amides is 1. The van der Waals surface area contributed by atoms with Crippen molar-refractivity contribution in [2.24, 2.45) is 12.8 Å². The molecule has 0 aliphatic carbocycles. The largest absolute Gasteiger partial charge is 0.370 e. The van der Waals surface area contributed by atoms with Crippen LogP contribution in [-0.2, 0) is 18.4 Å². The predicted octanol–water partition coefficient (Wildman–Crippen LogP) is -0.830. The van der Waals surface area contributed by atoms with Crippen molar-refractivity contribution in [1.29, 1.82) is 0 Å². The molecular formula is C8H15N5O. The third-order valence-electron chi connectivity index (χ3n) is 1.73. The minimum absolute atomic E-state index is 0.258. The van der Waals surface area contributed by atoms with E-state index >= 15 is 0 Å². The van der Waals surface area contributed by atoms with E-state index in [1.165, 1.54) is 0 Å². The van der Waals surface area contributed by atoms with E-state index in [4.69, 9.17) is 5.73 Å². The molecule has 1 amide bonds. The maximum absolute atomic E-state index is 10.4. The minimum Gasteiger partial charge on any atom is -0.370 e. The number of nitrogens with two attached hydrogens (primary N) is 1. The van der Waals surface area contributed by atoms with E-state index in [1.807, 2.05) is 13.2 Å². The van der Waals surface area contributed by atoms with Crippen LogP contribution in [0.4, 0.5) is 0 Å². The lowest BCUT2D eigenvalue weighted by Gasteiger charge is -1.99. The predicted molar refractivity (Wildman–Crippen MR) is 51.1 cm³/mol. The maximum atomic E-state index is 10.4. The van der Waals surface area contributed by atoms with E-state index in [9.17, 15) is 4.79 Å². The maximum Gasteiger partial charge on any atom is 0.217 e. The average molecular weight is 197 g/mol. The van der Waals surface area contributed by atoms with Gasteiger partial charge in [0.15, 0.2) is 0 Å². The van der Waals surface area contributed by atoms with Crippen molar-refractivity contribution >= 4 is 5.91 Å². The zero-order chi connectivity index (χ0) is 10.4. The van der Waals surface area contributed by atoms with Gasteiger partial charge in [0.1, 0.15) is 0 Å². The van der Waals surface area contributed by atoms with Gasteiger partial charge in [-0.15, -0.1) is 5.10 Å². The standard InChI is InChI=1S/C8H15N5O/c1-13-6-7(11-12-13)5-10-4-2-3-8(9)14/h6,10H,2-5H2,1H3,(H2,9,14). The first-order chi connectivity index (χ1) is 6.68. The van der Waals surface area contributed by atoms with Gasteiger partial charge in [-0.3, -0.25) is 9.48 Å². The van der Waals surface area contributed by atoms with Crippen LogP contribution in [0.25, 0.3) is 0 Å². The highest BCUT2D eigenvalue weighted by Crippen LogP contribution is 1.91. The van der Waals surface area contributed by atoms with Crippen LogP contribution in [0.2, 0.25) is 0 Å². The Balaban J connectivity index is 2.07. The highest BCUT2D eigenvalue weighted by Gasteiger charge is 1.97. The van der Waals surface area contributed by atoms with Gasteiger partial charge in [-0.25, -0.2) is 0 Å². The molecule has 1 aromatic rings. The van der Waals surface area contributed by atoms with Crippen LogP contribution in [0.1, 0.15) is 18.5 Å². The molecule has 6 nitrogen and oxygen atoms in total. The fourth-order valence-electron chi connectivity index (χ4n) is 1.08. The Morgan fingerprint density at radius 3 is 3.07 bits per heavy atom. The van der Waals surface area contributed by atoms with Crippen LogP contribution in [0, 0.1) is 0 Å². The summed E-state index contributed by atoms with van der Waals surface area (Å²) in [5.74, 6) is -0.258. The lowest BCUT2D eigenvalue weighted by Crippen LogP contribution is -2.18. The molecule has 0 spiro atoms. The van der Waals surface area contributed by atoms with Crippen molar-refractivity contribution in [2.45, 2.75) is 19.4 Å². The Morgan fingerprint density at radius 1 is 1.71 bits per heavy atom. The number of hydrogen-bond acceptors (Lipinski definition) is 4. The topological polar surface area (TPSA) is 85.8 Å². The van der Waals surface area contributed by atoms with Gasteiger partial charge in [-0.1, -0.05) is 5.21 Å². The molecule has 14 heavy (non-hydrogen) atoms. The van der Waals surface area contributed by atoms with Crippen molar-refractivity contribution in [1.82, 2.24) is 20.3 Å². The number of aromatic nitrogens is 3. The molecule has 0 aliphatic heterocycles. The summed E-state index contributed by atoms with van der Waals surface area (Å²) < 4.78 is 1.65. The zero-order valence-electron chi connectivity index (χ0n) is 8.23. The van der Waals surface area contributed by atoms with Crippen LogP contribution in [0.3, 0.4) is 0 Å². The van der Waals surface area contributed by atoms with Crippen LogP contribution in [0.15, 0.2) is 6.20 Å². The monoisotopic (exact) mass is 197 g/mol. The van der Waals surface area contributed by atoms with Gasteiger partial charge >= 0.3 is 0 Å². The second kappa shape index (κ2) is 5.33. The van der Waals surface area contributed by atoms with E-state index in [2.05, 4.69) is 15.6 Å². The van der Waals surface area contributed by atoms with E-state index in [-0.39, 0.29) is 5.91 Å². The molecule has 0 aromatic carbocycles. The lowest BCUT2D eigenvalue weighted by atomic mass is 10.3. The molecule has 1 aromatic heterocycles. The van der Waals surface area contributed by atoms with Crippen molar-refractivity contribution in [3.05, 3.63) is 11.9 Å². The van der Waals surface area contributed by atoms with Crippen molar-refractivity contribution < 1.29 is 4.79 Å². The van der Waals surface area contributed by atoms with E-state index < -0.39 is 0 Å². The molecule has 1 heterocycles. The van der Waals surface area contributed by atoms with Gasteiger partial charge in [-0.2, -0.15) is 0 Å². The van der Waals surface area contributed by atoms with Crippen molar-refractivity contribution in [2.75, 3.05) is 6.54 Å². The number of nitrogens with one attached hydrogen (secondary N) is 1. The van der Waals surface area contributed by atoms with Gasteiger partial charge in [0.25, 0.3) is 0 Å². The number of primary amides is 1. The highest BCUT2D eigenvalue weighted by atomic mass is 16.1. The minimum atomic E-state index is -0.258. The summed E-state index contributed by atoms with van der Waals surface area (Å²) in [6, 6.07) is 0. The molecule has 0 unspecified atom stereocenters. The van der Waals surface area contributed by atoms with E-state index in [1.54, 1.807) is 4.68 Å². The van der Waals surface area contributed by atoms with Crippen LogP contribution < -0.4 is 11.1 Å². The SMILES string of the molecule is Cn1cc(CNCCCC(N)=O)nn1. The number of rotatable bonds is 6. The molecular weight excluding hydrogens is 182 g/mol.